The molecule has 20 heavy (non-hydrogen) atoms. The molecule has 1 saturated heterocycles. The van der Waals surface area contributed by atoms with Gasteiger partial charge in [0, 0.05) is 25.7 Å². The summed E-state index contributed by atoms with van der Waals surface area (Å²) in [5.74, 6) is 0.790. The van der Waals surface area contributed by atoms with Gasteiger partial charge >= 0.3 is 0 Å². The summed E-state index contributed by atoms with van der Waals surface area (Å²) >= 11 is 0. The van der Waals surface area contributed by atoms with Crippen molar-refractivity contribution in [3.05, 3.63) is 0 Å². The Morgan fingerprint density at radius 1 is 1.25 bits per heavy atom. The van der Waals surface area contributed by atoms with Crippen molar-refractivity contribution < 1.29 is 8.42 Å². The van der Waals surface area contributed by atoms with Gasteiger partial charge in [0.05, 0.1) is 0 Å². The molecule has 6 heteroatoms. The lowest BCUT2D eigenvalue weighted by molar-refractivity contribution is 0.223. The summed E-state index contributed by atoms with van der Waals surface area (Å²) in [6, 6.07) is 0.104. The second kappa shape index (κ2) is 6.73. The van der Waals surface area contributed by atoms with Crippen molar-refractivity contribution in [3.8, 4) is 0 Å². The van der Waals surface area contributed by atoms with Crippen molar-refractivity contribution in [1.29, 1.82) is 0 Å². The topological polar surface area (TPSA) is 66.6 Å². The standard InChI is InChI=1S/C14H29N3O2S/c1-3-17(14-8-4-7-13(14)10-15)20(18,19)16-9-5-6-12(2)11-16/h12-14H,3-11,15H2,1-2H3. The third-order valence-electron chi connectivity index (χ3n) is 4.85. The van der Waals surface area contributed by atoms with E-state index in [0.717, 1.165) is 32.1 Å². The van der Waals surface area contributed by atoms with Crippen LogP contribution in [0.5, 0.6) is 0 Å². The second-order valence-electron chi connectivity index (χ2n) is 6.31. The molecule has 3 atom stereocenters. The van der Waals surface area contributed by atoms with Gasteiger partial charge in [0.15, 0.2) is 0 Å². The SMILES string of the molecule is CCN(C1CCCC1CN)S(=O)(=O)N1CCCC(C)C1. The predicted octanol–water partition coefficient (Wildman–Crippen LogP) is 1.41. The minimum Gasteiger partial charge on any atom is -0.330 e. The van der Waals surface area contributed by atoms with E-state index in [1.165, 1.54) is 0 Å². The Morgan fingerprint density at radius 3 is 2.60 bits per heavy atom. The maximum absolute atomic E-state index is 12.9. The van der Waals surface area contributed by atoms with Crippen LogP contribution in [0.15, 0.2) is 0 Å². The Bertz CT molecular complexity index is 413. The highest BCUT2D eigenvalue weighted by atomic mass is 32.2. The van der Waals surface area contributed by atoms with Crippen LogP contribution < -0.4 is 5.73 Å². The zero-order valence-corrected chi connectivity index (χ0v) is 13.6. The van der Waals surface area contributed by atoms with Crippen LogP contribution in [0.1, 0.15) is 46.0 Å². The molecular weight excluding hydrogens is 274 g/mol. The van der Waals surface area contributed by atoms with Crippen LogP contribution in [0.3, 0.4) is 0 Å². The van der Waals surface area contributed by atoms with Gasteiger partial charge in [0.2, 0.25) is 0 Å². The first-order valence-corrected chi connectivity index (χ1v) is 9.37. The third-order valence-corrected chi connectivity index (χ3v) is 6.95. The summed E-state index contributed by atoms with van der Waals surface area (Å²) < 4.78 is 29.3. The first-order valence-electron chi connectivity index (χ1n) is 7.97. The van der Waals surface area contributed by atoms with E-state index in [4.69, 9.17) is 5.73 Å². The van der Waals surface area contributed by atoms with Gasteiger partial charge in [-0.1, -0.05) is 20.3 Å². The molecule has 0 aromatic rings. The van der Waals surface area contributed by atoms with Crippen LogP contribution in [-0.4, -0.2) is 49.2 Å². The maximum atomic E-state index is 12.9. The van der Waals surface area contributed by atoms with Crippen LogP contribution >= 0.6 is 0 Å². The minimum atomic E-state index is -3.32. The van der Waals surface area contributed by atoms with Gasteiger partial charge in [0.1, 0.15) is 0 Å². The van der Waals surface area contributed by atoms with E-state index in [1.807, 2.05) is 6.92 Å². The van der Waals surface area contributed by atoms with E-state index < -0.39 is 10.2 Å². The molecular formula is C14H29N3O2S. The highest BCUT2D eigenvalue weighted by Gasteiger charge is 2.40. The number of nitrogens with zero attached hydrogens (tertiary/aromatic N) is 2. The Kier molecular flexibility index (Phi) is 5.45. The lowest BCUT2D eigenvalue weighted by Crippen LogP contribution is -2.52. The first-order chi connectivity index (χ1) is 9.50. The predicted molar refractivity (Wildman–Crippen MR) is 81.5 cm³/mol. The van der Waals surface area contributed by atoms with Gasteiger partial charge in [-0.25, -0.2) is 0 Å². The normalized spacial score (nSPS) is 32.9. The fraction of sp³-hybridized carbons (Fsp3) is 1.00. The van der Waals surface area contributed by atoms with Crippen LogP contribution in [-0.2, 0) is 10.2 Å². The number of nitrogens with two attached hydrogens (primary N) is 1. The molecule has 2 fully saturated rings. The van der Waals surface area contributed by atoms with E-state index in [9.17, 15) is 8.42 Å². The fourth-order valence-electron chi connectivity index (χ4n) is 3.74. The van der Waals surface area contributed by atoms with Crippen molar-refractivity contribution in [1.82, 2.24) is 8.61 Å². The molecule has 0 aromatic heterocycles. The van der Waals surface area contributed by atoms with Crippen molar-refractivity contribution >= 4 is 10.2 Å². The smallest absolute Gasteiger partial charge is 0.282 e. The lowest BCUT2D eigenvalue weighted by atomic mass is 10.0. The summed E-state index contributed by atoms with van der Waals surface area (Å²) in [6.07, 6.45) is 5.22. The quantitative estimate of drug-likeness (QED) is 0.835. The van der Waals surface area contributed by atoms with Gasteiger partial charge in [0.25, 0.3) is 10.2 Å². The van der Waals surface area contributed by atoms with Crippen LogP contribution in [0, 0.1) is 11.8 Å². The average Bonchev–Trinajstić information content (AvgIpc) is 2.87. The Balaban J connectivity index is 2.16. The number of piperidine rings is 1. The summed E-state index contributed by atoms with van der Waals surface area (Å²) in [4.78, 5) is 0. The molecule has 2 N–H and O–H groups in total. The maximum Gasteiger partial charge on any atom is 0.282 e. The Morgan fingerprint density at radius 2 is 2.00 bits per heavy atom. The van der Waals surface area contributed by atoms with E-state index >= 15 is 0 Å². The second-order valence-corrected chi connectivity index (χ2v) is 8.19. The van der Waals surface area contributed by atoms with Gasteiger partial charge < -0.3 is 5.73 Å². The van der Waals surface area contributed by atoms with Crippen molar-refractivity contribution in [2.75, 3.05) is 26.2 Å². The molecule has 3 unspecified atom stereocenters. The average molecular weight is 303 g/mol. The van der Waals surface area contributed by atoms with E-state index in [-0.39, 0.29) is 6.04 Å². The molecule has 1 heterocycles. The lowest BCUT2D eigenvalue weighted by Gasteiger charge is -2.38. The zero-order chi connectivity index (χ0) is 14.8. The first kappa shape index (κ1) is 16.2. The monoisotopic (exact) mass is 303 g/mol. The summed E-state index contributed by atoms with van der Waals surface area (Å²) in [7, 11) is -3.32. The van der Waals surface area contributed by atoms with Crippen LogP contribution in [0.25, 0.3) is 0 Å². The number of hydrogen-bond acceptors (Lipinski definition) is 3. The van der Waals surface area contributed by atoms with E-state index in [2.05, 4.69) is 6.92 Å². The summed E-state index contributed by atoms with van der Waals surface area (Å²) in [5, 5.41) is 0. The van der Waals surface area contributed by atoms with Crippen molar-refractivity contribution in [2.45, 2.75) is 52.0 Å². The van der Waals surface area contributed by atoms with Gasteiger partial charge in [-0.2, -0.15) is 17.0 Å². The van der Waals surface area contributed by atoms with E-state index in [0.29, 0.717) is 38.0 Å². The molecule has 1 aliphatic heterocycles. The zero-order valence-electron chi connectivity index (χ0n) is 12.8. The summed E-state index contributed by atoms with van der Waals surface area (Å²) in [5.41, 5.74) is 5.83. The molecule has 0 radical (unpaired) electrons. The van der Waals surface area contributed by atoms with Crippen molar-refractivity contribution in [2.24, 2.45) is 17.6 Å². The summed E-state index contributed by atoms with van der Waals surface area (Å²) in [6.45, 7) is 6.55. The molecule has 1 aliphatic carbocycles. The molecule has 1 saturated carbocycles. The van der Waals surface area contributed by atoms with Crippen LogP contribution in [0.2, 0.25) is 0 Å². The third kappa shape index (κ3) is 3.18. The molecule has 0 amide bonds. The molecule has 5 nitrogen and oxygen atoms in total. The fourth-order valence-corrected chi connectivity index (χ4v) is 5.79. The number of rotatable bonds is 5. The molecule has 2 aliphatic rings. The van der Waals surface area contributed by atoms with Gasteiger partial charge in [-0.3, -0.25) is 0 Å². The highest BCUT2D eigenvalue weighted by Crippen LogP contribution is 2.32. The molecule has 2 rings (SSSR count). The Labute approximate surface area is 123 Å². The molecule has 0 spiro atoms. The largest absolute Gasteiger partial charge is 0.330 e. The van der Waals surface area contributed by atoms with Crippen molar-refractivity contribution in [3.63, 3.8) is 0 Å². The van der Waals surface area contributed by atoms with Gasteiger partial charge in [-0.05, 0) is 44.1 Å². The molecule has 0 aromatic carbocycles. The Hall–Kier alpha value is -0.170. The highest BCUT2D eigenvalue weighted by molar-refractivity contribution is 7.86. The molecule has 0 bridgehead atoms. The van der Waals surface area contributed by atoms with Crippen LogP contribution in [0.4, 0.5) is 0 Å². The van der Waals surface area contributed by atoms with E-state index in [1.54, 1.807) is 8.61 Å². The number of hydrogen-bond donors (Lipinski definition) is 1. The van der Waals surface area contributed by atoms with Gasteiger partial charge in [-0.15, -0.1) is 0 Å². The minimum absolute atomic E-state index is 0.104. The molecule has 118 valence electrons.